The van der Waals surface area contributed by atoms with Crippen LogP contribution in [0, 0.1) is 0 Å². The van der Waals surface area contributed by atoms with Crippen LogP contribution in [0.4, 0.5) is 5.69 Å². The molecule has 0 aliphatic rings. The molecule has 3 aromatic rings. The van der Waals surface area contributed by atoms with E-state index in [1.807, 2.05) is 30.3 Å². The zero-order valence-electron chi connectivity index (χ0n) is 14.0. The fourth-order valence-electron chi connectivity index (χ4n) is 2.27. The summed E-state index contributed by atoms with van der Waals surface area (Å²) in [6.45, 7) is 6.32. The van der Waals surface area contributed by atoms with Gasteiger partial charge in [-0.3, -0.25) is 9.78 Å². The monoisotopic (exact) mass is 320 g/mol. The molecule has 0 unspecified atom stereocenters. The first-order chi connectivity index (χ1) is 11.4. The Kier molecular flexibility index (Phi) is 4.16. The molecule has 2 N–H and O–H groups in total. The highest BCUT2D eigenvalue weighted by Crippen LogP contribution is 2.24. The number of amides is 1. The van der Waals surface area contributed by atoms with Gasteiger partial charge in [0, 0.05) is 29.6 Å². The van der Waals surface area contributed by atoms with E-state index in [4.69, 9.17) is 0 Å². The summed E-state index contributed by atoms with van der Waals surface area (Å²) in [7, 11) is 0. The molecule has 5 heteroatoms. The molecule has 2 aromatic heterocycles. The van der Waals surface area contributed by atoms with Gasteiger partial charge in [0.25, 0.3) is 0 Å². The van der Waals surface area contributed by atoms with Gasteiger partial charge in [0.1, 0.15) is 5.82 Å². The summed E-state index contributed by atoms with van der Waals surface area (Å²) in [6, 6.07) is 9.37. The number of hydrogen-bond donors (Lipinski definition) is 2. The second-order valence-electron chi connectivity index (χ2n) is 6.68. The van der Waals surface area contributed by atoms with E-state index in [1.165, 1.54) is 6.08 Å². The van der Waals surface area contributed by atoms with Crippen molar-refractivity contribution < 1.29 is 4.79 Å². The average molecular weight is 320 g/mol. The van der Waals surface area contributed by atoms with Crippen LogP contribution in [-0.2, 0) is 10.2 Å². The molecule has 0 bridgehead atoms. The van der Waals surface area contributed by atoms with Crippen molar-refractivity contribution >= 4 is 28.7 Å². The molecule has 0 saturated heterocycles. The van der Waals surface area contributed by atoms with Gasteiger partial charge >= 0.3 is 0 Å². The Balaban J connectivity index is 1.75. The van der Waals surface area contributed by atoms with E-state index in [1.54, 1.807) is 18.5 Å². The van der Waals surface area contributed by atoms with Crippen LogP contribution in [0.5, 0.6) is 0 Å². The predicted octanol–water partition coefficient (Wildman–Crippen LogP) is 3.91. The number of anilines is 1. The van der Waals surface area contributed by atoms with Crippen LogP contribution in [0.1, 0.15) is 32.2 Å². The first-order valence-corrected chi connectivity index (χ1v) is 7.81. The molecule has 0 fully saturated rings. The summed E-state index contributed by atoms with van der Waals surface area (Å²) in [5.41, 5.74) is 3.37. The molecule has 122 valence electrons. The molecule has 5 nitrogen and oxygen atoms in total. The van der Waals surface area contributed by atoms with E-state index >= 15 is 0 Å². The SMILES string of the molecule is CC(C)(C)c1nc2ccc(NC(=O)/C=C/c3cccnc3)cc2[nH]1. The minimum absolute atomic E-state index is 0.0467. The van der Waals surface area contributed by atoms with Crippen molar-refractivity contribution in [2.24, 2.45) is 0 Å². The number of fused-ring (bicyclic) bond motifs is 1. The Hall–Kier alpha value is -2.95. The van der Waals surface area contributed by atoms with Crippen LogP contribution in [0.2, 0.25) is 0 Å². The summed E-state index contributed by atoms with van der Waals surface area (Å²) in [4.78, 5) is 24.0. The highest BCUT2D eigenvalue weighted by atomic mass is 16.1. The van der Waals surface area contributed by atoms with E-state index in [0.29, 0.717) is 0 Å². The summed E-state index contributed by atoms with van der Waals surface area (Å²) in [6.07, 6.45) is 6.63. The fraction of sp³-hybridized carbons (Fsp3) is 0.211. The Morgan fingerprint density at radius 3 is 2.79 bits per heavy atom. The van der Waals surface area contributed by atoms with Gasteiger partial charge in [-0.1, -0.05) is 26.8 Å². The Morgan fingerprint density at radius 2 is 2.08 bits per heavy atom. The molecule has 0 saturated carbocycles. The second kappa shape index (κ2) is 6.28. The highest BCUT2D eigenvalue weighted by Gasteiger charge is 2.18. The van der Waals surface area contributed by atoms with Gasteiger partial charge < -0.3 is 10.3 Å². The third kappa shape index (κ3) is 3.68. The van der Waals surface area contributed by atoms with Crippen molar-refractivity contribution in [3.05, 3.63) is 60.2 Å². The maximum Gasteiger partial charge on any atom is 0.248 e. The number of pyridine rings is 1. The maximum atomic E-state index is 12.0. The van der Waals surface area contributed by atoms with Crippen molar-refractivity contribution in [1.29, 1.82) is 0 Å². The lowest BCUT2D eigenvalue weighted by Crippen LogP contribution is -2.12. The van der Waals surface area contributed by atoms with Gasteiger partial charge in [-0.2, -0.15) is 0 Å². The van der Waals surface area contributed by atoms with Crippen LogP contribution in [0.3, 0.4) is 0 Å². The summed E-state index contributed by atoms with van der Waals surface area (Å²) >= 11 is 0. The van der Waals surface area contributed by atoms with Crippen molar-refractivity contribution in [2.45, 2.75) is 26.2 Å². The van der Waals surface area contributed by atoms with Crippen molar-refractivity contribution in [3.63, 3.8) is 0 Å². The van der Waals surface area contributed by atoms with E-state index in [9.17, 15) is 4.79 Å². The third-order valence-corrected chi connectivity index (χ3v) is 3.57. The Morgan fingerprint density at radius 1 is 1.25 bits per heavy atom. The van der Waals surface area contributed by atoms with Gasteiger partial charge in [0.05, 0.1) is 11.0 Å². The standard InChI is InChI=1S/C19H20N4O/c1-19(2,3)18-22-15-8-7-14(11-16(15)23-18)21-17(24)9-6-13-5-4-10-20-12-13/h4-12H,1-3H3,(H,21,24)(H,22,23)/b9-6+. The van der Waals surface area contributed by atoms with Crippen LogP contribution in [0.25, 0.3) is 17.1 Å². The predicted molar refractivity (Wildman–Crippen MR) is 96.7 cm³/mol. The summed E-state index contributed by atoms with van der Waals surface area (Å²) in [5, 5.41) is 2.86. The largest absolute Gasteiger partial charge is 0.341 e. The molecule has 24 heavy (non-hydrogen) atoms. The first kappa shape index (κ1) is 15.9. The third-order valence-electron chi connectivity index (χ3n) is 3.57. The minimum Gasteiger partial charge on any atom is -0.341 e. The normalized spacial score (nSPS) is 12.0. The molecule has 0 aliphatic carbocycles. The zero-order valence-corrected chi connectivity index (χ0v) is 14.0. The number of nitrogens with zero attached hydrogens (tertiary/aromatic N) is 2. The van der Waals surface area contributed by atoms with E-state index < -0.39 is 0 Å². The van der Waals surface area contributed by atoms with Gasteiger partial charge in [0.15, 0.2) is 0 Å². The zero-order chi connectivity index (χ0) is 17.2. The number of imidazole rings is 1. The van der Waals surface area contributed by atoms with E-state index in [0.717, 1.165) is 28.1 Å². The number of hydrogen-bond acceptors (Lipinski definition) is 3. The lowest BCUT2D eigenvalue weighted by atomic mass is 9.96. The number of carbonyl (C=O) groups excluding carboxylic acids is 1. The smallest absolute Gasteiger partial charge is 0.248 e. The number of carbonyl (C=O) groups is 1. The molecule has 0 aliphatic heterocycles. The van der Waals surface area contributed by atoms with Gasteiger partial charge in [0.2, 0.25) is 5.91 Å². The lowest BCUT2D eigenvalue weighted by Gasteiger charge is -2.13. The second-order valence-corrected chi connectivity index (χ2v) is 6.68. The van der Waals surface area contributed by atoms with Gasteiger partial charge in [-0.25, -0.2) is 4.98 Å². The molecule has 1 amide bonds. The Bertz CT molecular complexity index is 889. The van der Waals surface area contributed by atoms with E-state index in [-0.39, 0.29) is 11.3 Å². The quantitative estimate of drug-likeness (QED) is 0.719. The van der Waals surface area contributed by atoms with Crippen LogP contribution in [0.15, 0.2) is 48.8 Å². The molecule has 2 heterocycles. The summed E-state index contributed by atoms with van der Waals surface area (Å²) < 4.78 is 0. The number of nitrogens with one attached hydrogen (secondary N) is 2. The molecular weight excluding hydrogens is 300 g/mol. The van der Waals surface area contributed by atoms with Crippen molar-refractivity contribution in [2.75, 3.05) is 5.32 Å². The molecule has 1 aromatic carbocycles. The van der Waals surface area contributed by atoms with Crippen LogP contribution < -0.4 is 5.32 Å². The first-order valence-electron chi connectivity index (χ1n) is 7.81. The van der Waals surface area contributed by atoms with Gasteiger partial charge in [-0.05, 0) is 35.9 Å². The number of aromatic amines is 1. The molecule has 0 radical (unpaired) electrons. The maximum absolute atomic E-state index is 12.0. The fourth-order valence-corrected chi connectivity index (χ4v) is 2.27. The molecule has 0 atom stereocenters. The minimum atomic E-state index is -0.186. The number of aromatic nitrogens is 3. The number of rotatable bonds is 3. The number of H-pyrrole nitrogens is 1. The van der Waals surface area contributed by atoms with Crippen molar-refractivity contribution in [3.8, 4) is 0 Å². The van der Waals surface area contributed by atoms with E-state index in [2.05, 4.69) is 41.0 Å². The Labute approximate surface area is 140 Å². The molecule has 3 rings (SSSR count). The van der Waals surface area contributed by atoms with Crippen molar-refractivity contribution in [1.82, 2.24) is 15.0 Å². The molecule has 0 spiro atoms. The topological polar surface area (TPSA) is 70.7 Å². The lowest BCUT2D eigenvalue weighted by molar-refractivity contribution is -0.111. The van der Waals surface area contributed by atoms with Crippen LogP contribution in [-0.4, -0.2) is 20.9 Å². The van der Waals surface area contributed by atoms with Gasteiger partial charge in [-0.15, -0.1) is 0 Å². The summed E-state index contributed by atoms with van der Waals surface area (Å²) in [5.74, 6) is 0.742. The highest BCUT2D eigenvalue weighted by molar-refractivity contribution is 6.02. The number of benzene rings is 1. The molecular formula is C19H20N4O. The average Bonchev–Trinajstić information content (AvgIpc) is 2.97. The van der Waals surface area contributed by atoms with Crippen LogP contribution >= 0.6 is 0 Å².